The number of carbonyl (C=O) groups is 1. The molecule has 0 unspecified atom stereocenters. The van der Waals surface area contributed by atoms with Crippen molar-refractivity contribution in [2.75, 3.05) is 36.4 Å². The number of thiazole rings is 1. The second kappa shape index (κ2) is 6.40. The number of nitrogens with one attached hydrogen (secondary N) is 1. The number of rotatable bonds is 2. The maximum Gasteiger partial charge on any atom is 0.323 e. The molecule has 0 bridgehead atoms. The Bertz CT molecular complexity index is 811. The van der Waals surface area contributed by atoms with Gasteiger partial charge in [0.05, 0.1) is 10.2 Å². The first-order valence-corrected chi connectivity index (χ1v) is 8.55. The number of urea groups is 1. The summed E-state index contributed by atoms with van der Waals surface area (Å²) in [5, 5.41) is 3.53. The first kappa shape index (κ1) is 14.8. The minimum atomic E-state index is -0.109. The van der Waals surface area contributed by atoms with Crippen molar-refractivity contribution >= 4 is 38.7 Å². The van der Waals surface area contributed by atoms with E-state index >= 15 is 0 Å². The van der Waals surface area contributed by atoms with Gasteiger partial charge in [0, 0.05) is 38.6 Å². The molecule has 3 aromatic rings. The fraction of sp³-hybridized carbons (Fsp3) is 0.250. The molecule has 7 nitrogen and oxygen atoms in total. The highest BCUT2D eigenvalue weighted by molar-refractivity contribution is 7.22. The van der Waals surface area contributed by atoms with Gasteiger partial charge in [0.2, 0.25) is 5.95 Å². The van der Waals surface area contributed by atoms with E-state index in [4.69, 9.17) is 0 Å². The predicted octanol–water partition coefficient (Wildman–Crippen LogP) is 2.44. The van der Waals surface area contributed by atoms with Crippen LogP contribution in [0.5, 0.6) is 0 Å². The number of nitrogens with zero attached hydrogens (tertiary/aromatic N) is 5. The van der Waals surface area contributed by atoms with Crippen LogP contribution in [0, 0.1) is 0 Å². The van der Waals surface area contributed by atoms with E-state index in [0.717, 1.165) is 23.3 Å². The van der Waals surface area contributed by atoms with Crippen LogP contribution in [0.1, 0.15) is 0 Å². The number of carbonyl (C=O) groups excluding carboxylic acids is 1. The third kappa shape index (κ3) is 3.00. The highest BCUT2D eigenvalue weighted by atomic mass is 32.1. The van der Waals surface area contributed by atoms with Gasteiger partial charge in [-0.05, 0) is 18.2 Å². The summed E-state index contributed by atoms with van der Waals surface area (Å²) < 4.78 is 1.07. The molecule has 0 aliphatic carbocycles. The molecule has 1 aliphatic rings. The standard InChI is InChI=1S/C16H16N6OS/c23-16(20-15-19-12-4-1-2-5-13(12)24-15)22-10-8-21(9-11-22)14-17-6-3-7-18-14/h1-7H,8-11H2,(H,19,20,23). The zero-order valence-electron chi connectivity index (χ0n) is 12.9. The van der Waals surface area contributed by atoms with E-state index in [-0.39, 0.29) is 6.03 Å². The molecule has 0 spiro atoms. The average Bonchev–Trinajstić information content (AvgIpc) is 3.05. The van der Waals surface area contributed by atoms with Crippen molar-refractivity contribution in [3.63, 3.8) is 0 Å². The van der Waals surface area contributed by atoms with Gasteiger partial charge in [-0.1, -0.05) is 23.5 Å². The quantitative estimate of drug-likeness (QED) is 0.775. The van der Waals surface area contributed by atoms with Crippen molar-refractivity contribution in [1.82, 2.24) is 19.9 Å². The second-order valence-electron chi connectivity index (χ2n) is 5.44. The first-order chi connectivity index (χ1) is 11.8. The number of aromatic nitrogens is 3. The highest BCUT2D eigenvalue weighted by Gasteiger charge is 2.23. The van der Waals surface area contributed by atoms with Crippen LogP contribution < -0.4 is 10.2 Å². The normalized spacial score (nSPS) is 14.8. The Balaban J connectivity index is 1.37. The van der Waals surface area contributed by atoms with Crippen LogP contribution in [0.15, 0.2) is 42.7 Å². The van der Waals surface area contributed by atoms with Crippen LogP contribution in [0.4, 0.5) is 15.9 Å². The Labute approximate surface area is 143 Å². The minimum absolute atomic E-state index is 0.109. The molecule has 0 saturated carbocycles. The van der Waals surface area contributed by atoms with E-state index < -0.39 is 0 Å². The molecular formula is C16H16N6OS. The summed E-state index contributed by atoms with van der Waals surface area (Å²) in [6.07, 6.45) is 3.46. The molecule has 122 valence electrons. The Hall–Kier alpha value is -2.74. The molecule has 24 heavy (non-hydrogen) atoms. The van der Waals surface area contributed by atoms with Crippen LogP contribution >= 0.6 is 11.3 Å². The molecular weight excluding hydrogens is 324 g/mol. The Morgan fingerprint density at radius 2 is 1.79 bits per heavy atom. The summed E-state index contributed by atoms with van der Waals surface area (Å²) in [4.78, 5) is 29.2. The largest absolute Gasteiger partial charge is 0.337 e. The smallest absolute Gasteiger partial charge is 0.323 e. The van der Waals surface area contributed by atoms with Gasteiger partial charge in [0.25, 0.3) is 0 Å². The van der Waals surface area contributed by atoms with Crippen LogP contribution in [-0.2, 0) is 0 Å². The lowest BCUT2D eigenvalue weighted by Crippen LogP contribution is -2.50. The van der Waals surface area contributed by atoms with Crippen LogP contribution in [0.2, 0.25) is 0 Å². The van der Waals surface area contributed by atoms with Gasteiger partial charge in [-0.15, -0.1) is 0 Å². The van der Waals surface area contributed by atoms with Crippen molar-refractivity contribution in [1.29, 1.82) is 0 Å². The molecule has 0 radical (unpaired) electrons. The molecule has 2 amide bonds. The number of hydrogen-bond acceptors (Lipinski definition) is 6. The van der Waals surface area contributed by atoms with Crippen molar-refractivity contribution in [3.8, 4) is 0 Å². The summed E-state index contributed by atoms with van der Waals surface area (Å²) in [6, 6.07) is 9.55. The lowest BCUT2D eigenvalue weighted by Gasteiger charge is -2.34. The fourth-order valence-electron chi connectivity index (χ4n) is 2.66. The van der Waals surface area contributed by atoms with Crippen molar-refractivity contribution in [2.45, 2.75) is 0 Å². The summed E-state index contributed by atoms with van der Waals surface area (Å²) in [6.45, 7) is 2.71. The topological polar surface area (TPSA) is 74.2 Å². The number of amides is 2. The first-order valence-electron chi connectivity index (χ1n) is 7.73. The lowest BCUT2D eigenvalue weighted by molar-refractivity contribution is 0.208. The van der Waals surface area contributed by atoms with Gasteiger partial charge in [-0.3, -0.25) is 5.32 Å². The maximum atomic E-state index is 12.4. The molecule has 3 heterocycles. The molecule has 1 fully saturated rings. The van der Waals surface area contributed by atoms with Crippen molar-refractivity contribution in [3.05, 3.63) is 42.7 Å². The van der Waals surface area contributed by atoms with Gasteiger partial charge < -0.3 is 9.80 Å². The summed E-state index contributed by atoms with van der Waals surface area (Å²) >= 11 is 1.49. The number of fused-ring (bicyclic) bond motifs is 1. The number of para-hydroxylation sites is 1. The molecule has 1 N–H and O–H groups in total. The monoisotopic (exact) mass is 340 g/mol. The molecule has 4 rings (SSSR count). The Morgan fingerprint density at radius 3 is 2.54 bits per heavy atom. The lowest BCUT2D eigenvalue weighted by atomic mass is 10.3. The van der Waals surface area contributed by atoms with E-state index in [0.29, 0.717) is 24.2 Å². The molecule has 0 atom stereocenters. The van der Waals surface area contributed by atoms with Crippen molar-refractivity contribution in [2.24, 2.45) is 0 Å². The van der Waals surface area contributed by atoms with E-state index in [1.807, 2.05) is 24.3 Å². The van der Waals surface area contributed by atoms with Gasteiger partial charge in [0.15, 0.2) is 5.13 Å². The maximum absolute atomic E-state index is 12.4. The third-order valence-electron chi connectivity index (χ3n) is 3.91. The molecule has 1 aromatic carbocycles. The fourth-order valence-corrected chi connectivity index (χ4v) is 3.52. The van der Waals surface area contributed by atoms with Crippen LogP contribution in [0.3, 0.4) is 0 Å². The van der Waals surface area contributed by atoms with E-state index in [1.54, 1.807) is 23.4 Å². The number of benzene rings is 1. The average molecular weight is 340 g/mol. The zero-order valence-corrected chi connectivity index (χ0v) is 13.7. The second-order valence-corrected chi connectivity index (χ2v) is 6.47. The van der Waals surface area contributed by atoms with Gasteiger partial charge in [0.1, 0.15) is 0 Å². The Morgan fingerprint density at radius 1 is 1.04 bits per heavy atom. The van der Waals surface area contributed by atoms with E-state index in [9.17, 15) is 4.79 Å². The van der Waals surface area contributed by atoms with Crippen LogP contribution in [-0.4, -0.2) is 52.1 Å². The number of piperazine rings is 1. The molecule has 1 saturated heterocycles. The SMILES string of the molecule is O=C(Nc1nc2ccccc2s1)N1CCN(c2ncccn2)CC1. The van der Waals surface area contributed by atoms with Gasteiger partial charge in [-0.25, -0.2) is 19.7 Å². The van der Waals surface area contributed by atoms with Crippen molar-refractivity contribution < 1.29 is 4.79 Å². The van der Waals surface area contributed by atoms with Gasteiger partial charge in [-0.2, -0.15) is 0 Å². The highest BCUT2D eigenvalue weighted by Crippen LogP contribution is 2.25. The molecule has 2 aromatic heterocycles. The summed E-state index contributed by atoms with van der Waals surface area (Å²) in [5.41, 5.74) is 0.906. The summed E-state index contributed by atoms with van der Waals surface area (Å²) in [7, 11) is 0. The van der Waals surface area contributed by atoms with Gasteiger partial charge >= 0.3 is 6.03 Å². The van der Waals surface area contributed by atoms with E-state index in [2.05, 4.69) is 25.2 Å². The zero-order chi connectivity index (χ0) is 16.4. The molecule has 1 aliphatic heterocycles. The summed E-state index contributed by atoms with van der Waals surface area (Å²) in [5.74, 6) is 0.712. The Kier molecular flexibility index (Phi) is 3.96. The minimum Gasteiger partial charge on any atom is -0.337 e. The third-order valence-corrected chi connectivity index (χ3v) is 4.86. The number of anilines is 2. The number of hydrogen-bond donors (Lipinski definition) is 1. The van der Waals surface area contributed by atoms with E-state index in [1.165, 1.54) is 11.3 Å². The molecule has 8 heteroatoms. The predicted molar refractivity (Wildman–Crippen MR) is 94.5 cm³/mol. The van der Waals surface area contributed by atoms with Crippen LogP contribution in [0.25, 0.3) is 10.2 Å².